The first-order chi connectivity index (χ1) is 12.6. The number of carbonyl (C=O) groups excluding carboxylic acids is 1. The van der Waals surface area contributed by atoms with Crippen LogP contribution in [-0.2, 0) is 0 Å². The SMILES string of the molecule is Cc1cccnc1-c1cccc(C(=O)N2CCC[C@@]3(CCN(C)C3)C2)c1. The minimum Gasteiger partial charge on any atom is -0.338 e. The van der Waals surface area contributed by atoms with Crippen LogP contribution < -0.4 is 0 Å². The number of rotatable bonds is 2. The third-order valence-corrected chi connectivity index (χ3v) is 5.97. The Labute approximate surface area is 155 Å². The van der Waals surface area contributed by atoms with Crippen LogP contribution in [0.4, 0.5) is 0 Å². The molecule has 4 heteroatoms. The predicted molar refractivity (Wildman–Crippen MR) is 104 cm³/mol. The van der Waals surface area contributed by atoms with Gasteiger partial charge in [-0.15, -0.1) is 0 Å². The number of amides is 1. The molecule has 1 atom stereocenters. The molecular formula is C22H27N3O. The first-order valence-electron chi connectivity index (χ1n) is 9.56. The van der Waals surface area contributed by atoms with Gasteiger partial charge in [-0.2, -0.15) is 0 Å². The third kappa shape index (κ3) is 3.26. The normalized spacial score (nSPS) is 23.5. The molecule has 3 heterocycles. The Morgan fingerprint density at radius 3 is 2.77 bits per heavy atom. The van der Waals surface area contributed by atoms with E-state index >= 15 is 0 Å². The Morgan fingerprint density at radius 2 is 2.00 bits per heavy atom. The number of hydrogen-bond acceptors (Lipinski definition) is 3. The fraction of sp³-hybridized carbons (Fsp3) is 0.455. The summed E-state index contributed by atoms with van der Waals surface area (Å²) in [7, 11) is 2.19. The van der Waals surface area contributed by atoms with Crippen molar-refractivity contribution in [3.8, 4) is 11.3 Å². The molecular weight excluding hydrogens is 322 g/mol. The summed E-state index contributed by atoms with van der Waals surface area (Å²) in [6.45, 7) is 6.09. The van der Waals surface area contributed by atoms with E-state index in [0.29, 0.717) is 5.41 Å². The van der Waals surface area contributed by atoms with E-state index in [4.69, 9.17) is 0 Å². The minimum atomic E-state index is 0.161. The summed E-state index contributed by atoms with van der Waals surface area (Å²) in [4.78, 5) is 22.2. The Kier molecular flexibility index (Phi) is 4.53. The molecule has 2 aliphatic heterocycles. The lowest BCUT2D eigenvalue weighted by atomic mass is 9.79. The van der Waals surface area contributed by atoms with Gasteiger partial charge in [-0.25, -0.2) is 0 Å². The van der Waals surface area contributed by atoms with Crippen molar-refractivity contribution in [2.75, 3.05) is 33.2 Å². The Morgan fingerprint density at radius 1 is 1.12 bits per heavy atom. The van der Waals surface area contributed by atoms with Gasteiger partial charge in [-0.05, 0) is 63.5 Å². The van der Waals surface area contributed by atoms with Crippen molar-refractivity contribution in [2.45, 2.75) is 26.2 Å². The number of piperidine rings is 1. The Balaban J connectivity index is 1.57. The van der Waals surface area contributed by atoms with Gasteiger partial charge < -0.3 is 9.80 Å². The molecule has 0 radical (unpaired) electrons. The lowest BCUT2D eigenvalue weighted by Gasteiger charge is -2.40. The summed E-state index contributed by atoms with van der Waals surface area (Å²) in [5.74, 6) is 0.161. The van der Waals surface area contributed by atoms with Crippen molar-refractivity contribution in [3.63, 3.8) is 0 Å². The molecule has 0 N–H and O–H groups in total. The molecule has 2 saturated heterocycles. The van der Waals surface area contributed by atoms with Gasteiger partial charge >= 0.3 is 0 Å². The summed E-state index contributed by atoms with van der Waals surface area (Å²) < 4.78 is 0. The first kappa shape index (κ1) is 17.2. The van der Waals surface area contributed by atoms with Crippen molar-refractivity contribution in [3.05, 3.63) is 53.7 Å². The molecule has 0 aliphatic carbocycles. The number of hydrogen-bond donors (Lipinski definition) is 0. The van der Waals surface area contributed by atoms with Gasteiger partial charge in [0.25, 0.3) is 5.91 Å². The standard InChI is InChI=1S/C22H27N3O/c1-17-6-4-11-23-20(17)18-7-3-8-19(14-18)21(26)25-12-5-9-22(16-25)10-13-24(2)15-22/h3-4,6-8,11,14H,5,9-10,12-13,15-16H2,1-2H3/t22-/m0/s1. The Hall–Kier alpha value is -2.20. The number of aryl methyl sites for hydroxylation is 1. The van der Waals surface area contributed by atoms with E-state index < -0.39 is 0 Å². The fourth-order valence-corrected chi connectivity index (χ4v) is 4.64. The van der Waals surface area contributed by atoms with Gasteiger partial charge in [0.05, 0.1) is 5.69 Å². The lowest BCUT2D eigenvalue weighted by Crippen LogP contribution is -2.47. The molecule has 0 unspecified atom stereocenters. The highest BCUT2D eigenvalue weighted by Gasteiger charge is 2.41. The van der Waals surface area contributed by atoms with Crippen LogP contribution in [0, 0.1) is 12.3 Å². The van der Waals surface area contributed by atoms with Crippen molar-refractivity contribution >= 4 is 5.91 Å². The largest absolute Gasteiger partial charge is 0.338 e. The molecule has 2 aliphatic rings. The van der Waals surface area contributed by atoms with Crippen LogP contribution in [0.5, 0.6) is 0 Å². The van der Waals surface area contributed by atoms with Crippen molar-refractivity contribution in [1.82, 2.24) is 14.8 Å². The van der Waals surface area contributed by atoms with Gasteiger partial charge in [0.2, 0.25) is 0 Å². The van der Waals surface area contributed by atoms with Gasteiger partial charge in [0.15, 0.2) is 0 Å². The van der Waals surface area contributed by atoms with E-state index in [0.717, 1.165) is 55.0 Å². The van der Waals surface area contributed by atoms with Crippen molar-refractivity contribution < 1.29 is 4.79 Å². The van der Waals surface area contributed by atoms with Crippen LogP contribution in [0.25, 0.3) is 11.3 Å². The van der Waals surface area contributed by atoms with Crippen LogP contribution in [0.2, 0.25) is 0 Å². The second-order valence-corrected chi connectivity index (χ2v) is 8.07. The van der Waals surface area contributed by atoms with Crippen LogP contribution >= 0.6 is 0 Å². The first-order valence-corrected chi connectivity index (χ1v) is 9.56. The molecule has 2 fully saturated rings. The molecule has 1 spiro atoms. The quantitative estimate of drug-likeness (QED) is 0.831. The average molecular weight is 349 g/mol. The highest BCUT2D eigenvalue weighted by Crippen LogP contribution is 2.38. The van der Waals surface area contributed by atoms with Crippen molar-refractivity contribution in [1.29, 1.82) is 0 Å². The number of likely N-dealkylation sites (tertiary alicyclic amines) is 2. The zero-order chi connectivity index (χ0) is 18.1. The van der Waals surface area contributed by atoms with E-state index in [-0.39, 0.29) is 5.91 Å². The van der Waals surface area contributed by atoms with Crippen molar-refractivity contribution in [2.24, 2.45) is 5.41 Å². The zero-order valence-electron chi connectivity index (χ0n) is 15.7. The smallest absolute Gasteiger partial charge is 0.253 e. The van der Waals surface area contributed by atoms with Crippen LogP contribution in [0.3, 0.4) is 0 Å². The maximum absolute atomic E-state index is 13.2. The molecule has 1 aromatic heterocycles. The molecule has 4 nitrogen and oxygen atoms in total. The van der Waals surface area contributed by atoms with E-state index in [1.807, 2.05) is 36.5 Å². The molecule has 2 aromatic rings. The average Bonchev–Trinajstić information content (AvgIpc) is 3.01. The molecule has 136 valence electrons. The van der Waals surface area contributed by atoms with Crippen LogP contribution in [0.1, 0.15) is 35.2 Å². The maximum atomic E-state index is 13.2. The van der Waals surface area contributed by atoms with E-state index in [1.54, 1.807) is 0 Å². The lowest BCUT2D eigenvalue weighted by molar-refractivity contribution is 0.0534. The highest BCUT2D eigenvalue weighted by atomic mass is 16.2. The number of pyridine rings is 1. The molecule has 1 aromatic carbocycles. The third-order valence-electron chi connectivity index (χ3n) is 5.97. The van der Waals surface area contributed by atoms with Gasteiger partial charge in [-0.1, -0.05) is 18.2 Å². The highest BCUT2D eigenvalue weighted by molar-refractivity contribution is 5.95. The van der Waals surface area contributed by atoms with E-state index in [1.165, 1.54) is 12.8 Å². The summed E-state index contributed by atoms with van der Waals surface area (Å²) in [5, 5.41) is 0. The van der Waals surface area contributed by atoms with Crippen LogP contribution in [0.15, 0.2) is 42.6 Å². The van der Waals surface area contributed by atoms with E-state index in [2.05, 4.69) is 34.8 Å². The van der Waals surface area contributed by atoms with Gasteiger partial charge in [-0.3, -0.25) is 9.78 Å². The second kappa shape index (κ2) is 6.84. The molecule has 0 saturated carbocycles. The summed E-state index contributed by atoms with van der Waals surface area (Å²) in [6.07, 6.45) is 5.37. The summed E-state index contributed by atoms with van der Waals surface area (Å²) in [6, 6.07) is 11.9. The maximum Gasteiger partial charge on any atom is 0.253 e. The molecule has 4 rings (SSSR count). The number of nitrogens with zero attached hydrogens (tertiary/aromatic N) is 3. The fourth-order valence-electron chi connectivity index (χ4n) is 4.64. The molecule has 26 heavy (non-hydrogen) atoms. The number of carbonyl (C=O) groups is 1. The summed E-state index contributed by atoms with van der Waals surface area (Å²) in [5.41, 5.74) is 4.17. The number of benzene rings is 1. The van der Waals surface area contributed by atoms with Gasteiger partial charge in [0.1, 0.15) is 0 Å². The Bertz CT molecular complexity index is 815. The number of aromatic nitrogens is 1. The minimum absolute atomic E-state index is 0.161. The second-order valence-electron chi connectivity index (χ2n) is 8.07. The van der Waals surface area contributed by atoms with Gasteiger partial charge in [0, 0.05) is 42.4 Å². The van der Waals surface area contributed by atoms with Crippen LogP contribution in [-0.4, -0.2) is 53.9 Å². The topological polar surface area (TPSA) is 36.4 Å². The molecule has 0 bridgehead atoms. The predicted octanol–water partition coefficient (Wildman–Crippen LogP) is 3.61. The zero-order valence-corrected chi connectivity index (χ0v) is 15.7. The summed E-state index contributed by atoms with van der Waals surface area (Å²) >= 11 is 0. The monoisotopic (exact) mass is 349 g/mol. The van der Waals surface area contributed by atoms with E-state index in [9.17, 15) is 4.79 Å². The molecule has 1 amide bonds.